The van der Waals surface area contributed by atoms with Gasteiger partial charge in [0.1, 0.15) is 0 Å². The van der Waals surface area contributed by atoms with Crippen molar-refractivity contribution in [1.29, 1.82) is 0 Å². The number of rotatable bonds is 10. The van der Waals surface area contributed by atoms with Gasteiger partial charge in [0.25, 0.3) is 0 Å². The fourth-order valence-corrected chi connectivity index (χ4v) is 6.15. The zero-order chi connectivity index (χ0) is 14.2. The van der Waals surface area contributed by atoms with Crippen molar-refractivity contribution in [3.05, 3.63) is 0 Å². The Kier molecular flexibility index (Phi) is 9.22. The van der Waals surface area contributed by atoms with E-state index in [1.165, 1.54) is 42.7 Å². The van der Waals surface area contributed by atoms with Gasteiger partial charge < -0.3 is 0 Å². The van der Waals surface area contributed by atoms with E-state index in [4.69, 9.17) is 35.8 Å². The second kappa shape index (κ2) is 8.84. The third-order valence-electron chi connectivity index (χ3n) is 1.92. The van der Waals surface area contributed by atoms with Crippen molar-refractivity contribution >= 4 is 24.6 Å². The van der Waals surface area contributed by atoms with Gasteiger partial charge in [0.2, 0.25) is 0 Å². The first-order valence-electron chi connectivity index (χ1n) is 4.69. The van der Waals surface area contributed by atoms with Crippen LogP contribution >= 0.6 is 24.6 Å². The summed E-state index contributed by atoms with van der Waals surface area (Å²) >= 11 is 0. The van der Waals surface area contributed by atoms with Gasteiger partial charge in [0.05, 0.1) is 0 Å². The fraction of sp³-hybridized carbons (Fsp3) is 1.00. The van der Waals surface area contributed by atoms with Crippen LogP contribution in [-0.4, -0.2) is 42.7 Å². The Hall–Kier alpha value is 0.770. The molecule has 0 saturated heterocycles. The molecule has 0 aliphatic heterocycles. The first-order chi connectivity index (χ1) is 8.46. The molecule has 0 bridgehead atoms. The molecule has 0 aliphatic carbocycles. The van der Waals surface area contributed by atoms with Gasteiger partial charge in [-0.15, -0.1) is 0 Å². The summed E-state index contributed by atoms with van der Waals surface area (Å²) < 4.78 is 51.4. The van der Waals surface area contributed by atoms with Crippen molar-refractivity contribution in [1.82, 2.24) is 0 Å². The summed E-state index contributed by atoms with van der Waals surface area (Å²) in [5.41, 5.74) is 0. The molecule has 12 heteroatoms. The van der Waals surface area contributed by atoms with Gasteiger partial charge in [0, 0.05) is 0 Å². The minimum absolute atomic E-state index is 1.31. The Bertz CT molecular complexity index is 214. The second-order valence-electron chi connectivity index (χ2n) is 2.68. The standard InChI is InChI=1S/C6H21O9P3/c1-8-17(9-2,10-3)14-16(7)15-18(11-4,12-5)13-6/h16-18H,1-6H3. The van der Waals surface area contributed by atoms with E-state index in [-0.39, 0.29) is 0 Å². The summed E-state index contributed by atoms with van der Waals surface area (Å²) in [4.78, 5) is 0. The van der Waals surface area contributed by atoms with Crippen LogP contribution in [-0.2, 0) is 40.3 Å². The molecule has 0 unspecified atom stereocenters. The van der Waals surface area contributed by atoms with Crippen molar-refractivity contribution in [3.8, 4) is 0 Å². The van der Waals surface area contributed by atoms with Crippen LogP contribution in [0.5, 0.6) is 0 Å². The van der Waals surface area contributed by atoms with E-state index in [0.717, 1.165) is 0 Å². The average molecular weight is 330 g/mol. The normalized spacial score (nSPS) is 16.6. The van der Waals surface area contributed by atoms with Crippen LogP contribution in [0.2, 0.25) is 0 Å². The summed E-state index contributed by atoms with van der Waals surface area (Å²) in [7, 11) is -2.12. The van der Waals surface area contributed by atoms with Crippen LogP contribution in [0.1, 0.15) is 0 Å². The molecular weight excluding hydrogens is 309 g/mol. The van der Waals surface area contributed by atoms with Crippen LogP contribution in [0.15, 0.2) is 0 Å². The van der Waals surface area contributed by atoms with Crippen molar-refractivity contribution in [2.24, 2.45) is 0 Å². The van der Waals surface area contributed by atoms with Crippen molar-refractivity contribution in [2.45, 2.75) is 0 Å². The van der Waals surface area contributed by atoms with Crippen molar-refractivity contribution in [3.63, 3.8) is 0 Å². The molecule has 0 fully saturated rings. The molecule has 0 aromatic rings. The van der Waals surface area contributed by atoms with Crippen LogP contribution in [0.25, 0.3) is 0 Å². The molecule has 0 atom stereocenters. The van der Waals surface area contributed by atoms with Gasteiger partial charge in [-0.2, -0.15) is 0 Å². The predicted molar refractivity (Wildman–Crippen MR) is 69.9 cm³/mol. The predicted octanol–water partition coefficient (Wildman–Crippen LogP) is 2.11. The molecule has 0 amide bonds. The quantitative estimate of drug-likeness (QED) is 0.558. The summed E-state index contributed by atoms with van der Waals surface area (Å²) in [5.74, 6) is 0. The topological polar surface area (TPSA) is 90.9 Å². The molecule has 0 saturated carbocycles. The monoisotopic (exact) mass is 330 g/mol. The van der Waals surface area contributed by atoms with E-state index >= 15 is 0 Å². The molecule has 0 aromatic heterocycles. The summed E-state index contributed by atoms with van der Waals surface area (Å²) in [5, 5.41) is 0. The van der Waals surface area contributed by atoms with Crippen LogP contribution < -0.4 is 0 Å². The number of hydrogen-bond donors (Lipinski definition) is 0. The molecule has 0 rings (SSSR count). The molecular formula is C6H21O9P3. The molecule has 0 heterocycles. The van der Waals surface area contributed by atoms with Gasteiger partial charge in [-0.05, 0) is 0 Å². The van der Waals surface area contributed by atoms with E-state index in [1.54, 1.807) is 0 Å². The molecule has 0 aliphatic rings. The summed E-state index contributed by atoms with van der Waals surface area (Å²) in [6.07, 6.45) is 0. The zero-order valence-electron chi connectivity index (χ0n) is 11.2. The van der Waals surface area contributed by atoms with E-state index in [0.29, 0.717) is 0 Å². The van der Waals surface area contributed by atoms with Crippen LogP contribution in [0.4, 0.5) is 0 Å². The third-order valence-corrected chi connectivity index (χ3v) is 8.25. The number of hydrogen-bond acceptors (Lipinski definition) is 9. The first-order valence-corrected chi connectivity index (χ1v) is 9.19. The molecule has 18 heavy (non-hydrogen) atoms. The van der Waals surface area contributed by atoms with E-state index in [2.05, 4.69) is 0 Å². The Labute approximate surface area is 108 Å². The van der Waals surface area contributed by atoms with Crippen molar-refractivity contribution in [2.75, 3.05) is 42.7 Å². The maximum absolute atomic E-state index is 11.8. The van der Waals surface area contributed by atoms with E-state index in [9.17, 15) is 4.57 Å². The Balaban J connectivity index is 4.67. The Morgan fingerprint density at radius 2 is 0.833 bits per heavy atom. The van der Waals surface area contributed by atoms with Gasteiger partial charge in [-0.25, -0.2) is 0 Å². The van der Waals surface area contributed by atoms with Gasteiger partial charge >= 0.3 is 108 Å². The van der Waals surface area contributed by atoms with Gasteiger partial charge in [0.15, 0.2) is 0 Å². The minimum atomic E-state index is -3.46. The molecule has 9 nitrogen and oxygen atoms in total. The summed E-state index contributed by atoms with van der Waals surface area (Å²) in [6, 6.07) is 0. The molecule has 0 radical (unpaired) electrons. The Morgan fingerprint density at radius 3 is 1.00 bits per heavy atom. The van der Waals surface area contributed by atoms with Crippen LogP contribution in [0, 0.1) is 0 Å². The molecule has 114 valence electrons. The molecule has 0 aromatic carbocycles. The molecule has 0 spiro atoms. The van der Waals surface area contributed by atoms with E-state index < -0.39 is 24.6 Å². The van der Waals surface area contributed by atoms with Crippen molar-refractivity contribution < 1.29 is 40.3 Å². The average Bonchev–Trinajstić information content (AvgIpc) is 2.42. The fourth-order valence-electron chi connectivity index (χ4n) is 0.975. The van der Waals surface area contributed by atoms with Gasteiger partial charge in [-0.3, -0.25) is 0 Å². The Morgan fingerprint density at radius 1 is 0.611 bits per heavy atom. The first kappa shape index (κ1) is 18.8. The third kappa shape index (κ3) is 5.04. The second-order valence-corrected chi connectivity index (χ2v) is 9.26. The molecule has 0 N–H and O–H groups in total. The summed E-state index contributed by atoms with van der Waals surface area (Å²) in [6.45, 7) is 0. The SMILES string of the molecule is CO[PH](OC)(OC)O[PH](=O)O[PH](OC)(OC)OC. The zero-order valence-corrected chi connectivity index (χ0v) is 14.2. The van der Waals surface area contributed by atoms with E-state index in [1.807, 2.05) is 0 Å². The van der Waals surface area contributed by atoms with Gasteiger partial charge in [-0.1, -0.05) is 0 Å². The van der Waals surface area contributed by atoms with Crippen LogP contribution in [0.3, 0.4) is 0 Å². The maximum atomic E-state index is 11.8.